The van der Waals surface area contributed by atoms with Crippen LogP contribution in [0.3, 0.4) is 0 Å². The second-order valence-corrected chi connectivity index (χ2v) is 4.13. The summed E-state index contributed by atoms with van der Waals surface area (Å²) in [4.78, 5) is 18.5. The molecule has 0 bridgehead atoms. The van der Waals surface area contributed by atoms with Gasteiger partial charge in [-0.15, -0.1) is 0 Å². The summed E-state index contributed by atoms with van der Waals surface area (Å²) >= 11 is 0. The highest BCUT2D eigenvalue weighted by atomic mass is 16.7. The molecule has 7 heteroatoms. The Morgan fingerprint density at radius 2 is 2.18 bits per heavy atom. The van der Waals surface area contributed by atoms with Crippen LogP contribution in [-0.4, -0.2) is 71.3 Å². The molecule has 0 aromatic rings. The smallest absolute Gasteiger partial charge is 0.271 e. The Hall–Kier alpha value is -1.15. The SMILES string of the molecule is CN1OC2C(O)[C@@H](CO)O[C@H]2N(C)/C=C\C1=O. The number of amides is 1. The predicted molar refractivity (Wildman–Crippen MR) is 56.3 cm³/mol. The number of aliphatic hydroxyl groups is 2. The number of rotatable bonds is 1. The Morgan fingerprint density at radius 1 is 1.47 bits per heavy atom. The molecule has 0 saturated carbocycles. The Kier molecular flexibility index (Phi) is 3.34. The molecule has 7 nitrogen and oxygen atoms in total. The number of likely N-dealkylation sites (N-methyl/N-ethyl adjacent to an activating group) is 2. The molecule has 2 heterocycles. The highest BCUT2D eigenvalue weighted by molar-refractivity contribution is 5.86. The summed E-state index contributed by atoms with van der Waals surface area (Å²) in [6, 6.07) is 0. The van der Waals surface area contributed by atoms with Gasteiger partial charge in [0.1, 0.15) is 12.2 Å². The lowest BCUT2D eigenvalue weighted by Crippen LogP contribution is -2.47. The topological polar surface area (TPSA) is 82.5 Å². The number of aliphatic hydroxyl groups excluding tert-OH is 2. The molecule has 0 radical (unpaired) electrons. The van der Waals surface area contributed by atoms with Crippen molar-refractivity contribution >= 4 is 5.91 Å². The molecule has 2 aliphatic heterocycles. The molecule has 17 heavy (non-hydrogen) atoms. The zero-order chi connectivity index (χ0) is 12.6. The molecule has 2 N–H and O–H groups in total. The van der Waals surface area contributed by atoms with E-state index in [1.165, 1.54) is 13.1 Å². The third-order valence-electron chi connectivity index (χ3n) is 2.94. The first kappa shape index (κ1) is 12.3. The van der Waals surface area contributed by atoms with Gasteiger partial charge in [-0.05, 0) is 0 Å². The highest BCUT2D eigenvalue weighted by Gasteiger charge is 2.47. The predicted octanol–water partition coefficient (Wildman–Crippen LogP) is -1.72. The first-order chi connectivity index (χ1) is 8.04. The van der Waals surface area contributed by atoms with Gasteiger partial charge in [0.15, 0.2) is 12.3 Å². The normalized spacial score (nSPS) is 39.9. The van der Waals surface area contributed by atoms with Gasteiger partial charge in [0.25, 0.3) is 5.91 Å². The van der Waals surface area contributed by atoms with Crippen LogP contribution in [0.5, 0.6) is 0 Å². The van der Waals surface area contributed by atoms with Gasteiger partial charge in [-0.25, -0.2) is 5.06 Å². The van der Waals surface area contributed by atoms with Crippen LogP contribution in [0.15, 0.2) is 12.3 Å². The summed E-state index contributed by atoms with van der Waals surface area (Å²) in [5.41, 5.74) is 0. The minimum Gasteiger partial charge on any atom is -0.394 e. The molecule has 0 aromatic heterocycles. The van der Waals surface area contributed by atoms with E-state index in [-0.39, 0.29) is 12.5 Å². The van der Waals surface area contributed by atoms with Crippen LogP contribution in [0.2, 0.25) is 0 Å². The van der Waals surface area contributed by atoms with Gasteiger partial charge < -0.3 is 19.8 Å². The monoisotopic (exact) mass is 244 g/mol. The number of nitrogens with zero attached hydrogens (tertiary/aromatic N) is 2. The van der Waals surface area contributed by atoms with E-state index >= 15 is 0 Å². The second-order valence-electron chi connectivity index (χ2n) is 4.13. The van der Waals surface area contributed by atoms with Crippen LogP contribution in [0.25, 0.3) is 0 Å². The number of fused-ring (bicyclic) bond motifs is 1. The Bertz CT molecular complexity index is 335. The molecule has 1 saturated heterocycles. The molecule has 2 aliphatic rings. The summed E-state index contributed by atoms with van der Waals surface area (Å²) in [6.45, 7) is -0.299. The van der Waals surface area contributed by atoms with Crippen molar-refractivity contribution in [3.63, 3.8) is 0 Å². The maximum atomic E-state index is 11.5. The van der Waals surface area contributed by atoms with Crippen molar-refractivity contribution in [1.29, 1.82) is 0 Å². The number of hydrogen-bond acceptors (Lipinski definition) is 6. The van der Waals surface area contributed by atoms with Gasteiger partial charge in [0.2, 0.25) is 0 Å². The number of ether oxygens (including phenoxy) is 1. The van der Waals surface area contributed by atoms with Crippen molar-refractivity contribution in [2.24, 2.45) is 0 Å². The highest BCUT2D eigenvalue weighted by Crippen LogP contribution is 2.27. The maximum Gasteiger partial charge on any atom is 0.271 e. The second kappa shape index (κ2) is 4.61. The first-order valence-electron chi connectivity index (χ1n) is 5.33. The van der Waals surface area contributed by atoms with Crippen LogP contribution in [0, 0.1) is 0 Å². The molecule has 0 spiro atoms. The zero-order valence-electron chi connectivity index (χ0n) is 9.68. The lowest BCUT2D eigenvalue weighted by Gasteiger charge is -2.32. The largest absolute Gasteiger partial charge is 0.394 e. The van der Waals surface area contributed by atoms with Crippen LogP contribution >= 0.6 is 0 Å². The van der Waals surface area contributed by atoms with Crippen molar-refractivity contribution in [2.75, 3.05) is 20.7 Å². The summed E-state index contributed by atoms with van der Waals surface area (Å²) in [5.74, 6) is -0.324. The van der Waals surface area contributed by atoms with Crippen molar-refractivity contribution < 1.29 is 24.6 Å². The average Bonchev–Trinajstić information content (AvgIpc) is 2.62. The lowest BCUT2D eigenvalue weighted by atomic mass is 10.1. The number of hydroxylamine groups is 2. The van der Waals surface area contributed by atoms with E-state index in [0.717, 1.165) is 5.06 Å². The molecule has 0 aliphatic carbocycles. The van der Waals surface area contributed by atoms with Gasteiger partial charge >= 0.3 is 0 Å². The quantitative estimate of drug-likeness (QED) is 0.571. The first-order valence-corrected chi connectivity index (χ1v) is 5.33. The van der Waals surface area contributed by atoms with Gasteiger partial charge in [-0.2, -0.15) is 0 Å². The van der Waals surface area contributed by atoms with Gasteiger partial charge in [-0.3, -0.25) is 9.63 Å². The number of carbonyl (C=O) groups is 1. The summed E-state index contributed by atoms with van der Waals surface area (Å²) in [5, 5.41) is 20.0. The zero-order valence-corrected chi connectivity index (χ0v) is 9.68. The van der Waals surface area contributed by atoms with Crippen molar-refractivity contribution in [1.82, 2.24) is 9.96 Å². The summed E-state index contributed by atoms with van der Waals surface area (Å²) in [6.07, 6.45) is -0.0226. The van der Waals surface area contributed by atoms with E-state index in [4.69, 9.17) is 14.7 Å². The lowest BCUT2D eigenvalue weighted by molar-refractivity contribution is -0.221. The van der Waals surface area contributed by atoms with E-state index in [9.17, 15) is 9.90 Å². The van der Waals surface area contributed by atoms with Gasteiger partial charge in [-0.1, -0.05) is 0 Å². The van der Waals surface area contributed by atoms with Gasteiger partial charge in [0.05, 0.1) is 6.61 Å². The van der Waals surface area contributed by atoms with Crippen molar-refractivity contribution in [3.05, 3.63) is 12.3 Å². The summed E-state index contributed by atoms with van der Waals surface area (Å²) in [7, 11) is 3.18. The Morgan fingerprint density at radius 3 is 2.82 bits per heavy atom. The third-order valence-corrected chi connectivity index (χ3v) is 2.94. The van der Waals surface area contributed by atoms with Crippen LogP contribution in [0.1, 0.15) is 0 Å². The van der Waals surface area contributed by atoms with E-state index in [1.54, 1.807) is 18.1 Å². The van der Waals surface area contributed by atoms with E-state index < -0.39 is 24.5 Å². The Balaban J connectivity index is 2.24. The molecule has 2 unspecified atom stereocenters. The molecular weight excluding hydrogens is 228 g/mol. The van der Waals surface area contributed by atoms with Gasteiger partial charge in [0, 0.05) is 26.4 Å². The molecule has 0 aromatic carbocycles. The standard InChI is InChI=1S/C10H16N2O5/c1-11-4-3-7(14)12(2)17-9-8(15)6(5-13)16-10(9)11/h3-4,6,8-10,13,15H,5H2,1-2H3/b4-3-/t6-,8?,9?,10-/m1/s1. The Labute approximate surface area is 98.8 Å². The van der Waals surface area contributed by atoms with E-state index in [1.807, 2.05) is 0 Å². The average molecular weight is 244 g/mol. The fourth-order valence-electron chi connectivity index (χ4n) is 1.92. The minimum absolute atomic E-state index is 0.299. The van der Waals surface area contributed by atoms with Crippen molar-refractivity contribution in [3.8, 4) is 0 Å². The fraction of sp³-hybridized carbons (Fsp3) is 0.700. The molecule has 1 fully saturated rings. The summed E-state index contributed by atoms with van der Waals surface area (Å²) < 4.78 is 5.47. The van der Waals surface area contributed by atoms with Crippen LogP contribution in [0.4, 0.5) is 0 Å². The maximum absolute atomic E-state index is 11.5. The fourth-order valence-corrected chi connectivity index (χ4v) is 1.92. The van der Waals surface area contributed by atoms with Crippen molar-refractivity contribution in [2.45, 2.75) is 24.5 Å². The molecule has 4 atom stereocenters. The van der Waals surface area contributed by atoms with Crippen LogP contribution < -0.4 is 0 Å². The van der Waals surface area contributed by atoms with Crippen LogP contribution in [-0.2, 0) is 14.4 Å². The molecule has 1 amide bonds. The number of hydrogen-bond donors (Lipinski definition) is 2. The molecular formula is C10H16N2O5. The van der Waals surface area contributed by atoms with E-state index in [0.29, 0.717) is 0 Å². The minimum atomic E-state index is -0.978. The number of carbonyl (C=O) groups excluding carboxylic acids is 1. The molecule has 2 rings (SSSR count). The van der Waals surface area contributed by atoms with E-state index in [2.05, 4.69) is 0 Å². The molecule has 96 valence electrons. The third kappa shape index (κ3) is 2.14.